The molecule has 2 aromatic rings. The van der Waals surface area contributed by atoms with Crippen LogP contribution in [0.2, 0.25) is 0 Å². The standard InChI is InChI=1S/C20H24N2O3S/c1-20(2)12-17(16-11-15(24-4)8-9-18(16)25-20)22-19(26)21-13-6-5-7-14(10-13)23-3/h5-11,17H,12H2,1-4H3,(H2,21,22,26)/t17-/m1/s1. The first-order chi connectivity index (χ1) is 12.4. The maximum absolute atomic E-state index is 6.10. The van der Waals surface area contributed by atoms with Crippen molar-refractivity contribution in [2.24, 2.45) is 0 Å². The van der Waals surface area contributed by atoms with Gasteiger partial charge in [-0.15, -0.1) is 0 Å². The van der Waals surface area contributed by atoms with Crippen LogP contribution in [0.3, 0.4) is 0 Å². The normalized spacial score (nSPS) is 17.5. The van der Waals surface area contributed by atoms with Crippen molar-refractivity contribution < 1.29 is 14.2 Å². The van der Waals surface area contributed by atoms with Crippen molar-refractivity contribution in [3.63, 3.8) is 0 Å². The summed E-state index contributed by atoms with van der Waals surface area (Å²) in [4.78, 5) is 0. The molecule has 1 heterocycles. The Morgan fingerprint density at radius 1 is 1.12 bits per heavy atom. The molecule has 0 bridgehead atoms. The first-order valence-electron chi connectivity index (χ1n) is 8.49. The molecule has 138 valence electrons. The molecule has 1 atom stereocenters. The highest BCUT2D eigenvalue weighted by Crippen LogP contribution is 2.41. The Kier molecular flexibility index (Phi) is 5.23. The number of ether oxygens (including phenoxy) is 3. The summed E-state index contributed by atoms with van der Waals surface area (Å²) in [5.41, 5.74) is 1.63. The van der Waals surface area contributed by atoms with Crippen LogP contribution in [-0.4, -0.2) is 24.9 Å². The quantitative estimate of drug-likeness (QED) is 0.781. The third-order valence-electron chi connectivity index (χ3n) is 4.31. The van der Waals surface area contributed by atoms with E-state index in [2.05, 4.69) is 24.5 Å². The molecule has 2 aromatic carbocycles. The van der Waals surface area contributed by atoms with Crippen LogP contribution in [0.5, 0.6) is 17.2 Å². The lowest BCUT2D eigenvalue weighted by Gasteiger charge is -2.38. The number of rotatable bonds is 4. The second-order valence-electron chi connectivity index (χ2n) is 6.85. The number of nitrogens with one attached hydrogen (secondary N) is 2. The predicted molar refractivity (Wildman–Crippen MR) is 107 cm³/mol. The maximum Gasteiger partial charge on any atom is 0.171 e. The molecule has 0 spiro atoms. The summed E-state index contributed by atoms with van der Waals surface area (Å²) in [5.74, 6) is 2.43. The van der Waals surface area contributed by atoms with Gasteiger partial charge in [0.2, 0.25) is 0 Å². The van der Waals surface area contributed by atoms with Gasteiger partial charge in [-0.3, -0.25) is 0 Å². The van der Waals surface area contributed by atoms with E-state index in [0.29, 0.717) is 5.11 Å². The molecule has 0 unspecified atom stereocenters. The summed E-state index contributed by atoms with van der Waals surface area (Å²) >= 11 is 5.53. The second kappa shape index (κ2) is 7.41. The number of hydrogen-bond donors (Lipinski definition) is 2. The van der Waals surface area contributed by atoms with E-state index in [1.54, 1.807) is 14.2 Å². The first-order valence-corrected chi connectivity index (χ1v) is 8.89. The van der Waals surface area contributed by atoms with Crippen LogP contribution in [0.1, 0.15) is 31.9 Å². The van der Waals surface area contributed by atoms with Crippen LogP contribution in [0, 0.1) is 0 Å². The summed E-state index contributed by atoms with van der Waals surface area (Å²) in [5, 5.41) is 7.18. The van der Waals surface area contributed by atoms with Crippen molar-refractivity contribution in [1.29, 1.82) is 0 Å². The molecule has 0 fully saturated rings. The number of thiocarbonyl (C=S) groups is 1. The Morgan fingerprint density at radius 3 is 2.58 bits per heavy atom. The van der Waals surface area contributed by atoms with Gasteiger partial charge in [0.1, 0.15) is 22.8 Å². The van der Waals surface area contributed by atoms with E-state index in [1.807, 2.05) is 42.5 Å². The zero-order chi connectivity index (χ0) is 18.7. The molecule has 0 amide bonds. The number of methoxy groups -OCH3 is 2. The van der Waals surface area contributed by atoms with Crippen molar-refractivity contribution in [3.05, 3.63) is 48.0 Å². The van der Waals surface area contributed by atoms with E-state index < -0.39 is 0 Å². The van der Waals surface area contributed by atoms with Crippen molar-refractivity contribution >= 4 is 23.0 Å². The molecule has 0 radical (unpaired) electrons. The van der Waals surface area contributed by atoms with E-state index in [-0.39, 0.29) is 11.6 Å². The minimum atomic E-state index is -0.287. The molecule has 26 heavy (non-hydrogen) atoms. The fourth-order valence-electron chi connectivity index (χ4n) is 3.11. The van der Waals surface area contributed by atoms with E-state index in [9.17, 15) is 0 Å². The van der Waals surface area contributed by atoms with Gasteiger partial charge < -0.3 is 24.8 Å². The number of fused-ring (bicyclic) bond motifs is 1. The molecule has 3 rings (SSSR count). The Balaban J connectivity index is 1.78. The number of anilines is 1. The Labute approximate surface area is 159 Å². The Morgan fingerprint density at radius 2 is 1.85 bits per heavy atom. The van der Waals surface area contributed by atoms with Crippen molar-refractivity contribution in [2.45, 2.75) is 31.9 Å². The van der Waals surface area contributed by atoms with Gasteiger partial charge in [0.05, 0.1) is 20.3 Å². The van der Waals surface area contributed by atoms with Crippen LogP contribution < -0.4 is 24.8 Å². The number of hydrogen-bond acceptors (Lipinski definition) is 4. The molecular weight excluding hydrogens is 348 g/mol. The topological polar surface area (TPSA) is 51.8 Å². The van der Waals surface area contributed by atoms with Gasteiger partial charge in [-0.1, -0.05) is 6.07 Å². The molecular formula is C20H24N2O3S. The van der Waals surface area contributed by atoms with Crippen LogP contribution in [-0.2, 0) is 0 Å². The average molecular weight is 372 g/mol. The first kappa shape index (κ1) is 18.3. The fraction of sp³-hybridized carbons (Fsp3) is 0.350. The van der Waals surface area contributed by atoms with Crippen LogP contribution >= 0.6 is 12.2 Å². The lowest BCUT2D eigenvalue weighted by Crippen LogP contribution is -2.42. The zero-order valence-corrected chi connectivity index (χ0v) is 16.3. The highest BCUT2D eigenvalue weighted by Gasteiger charge is 2.34. The lowest BCUT2D eigenvalue weighted by atomic mass is 9.89. The summed E-state index contributed by atoms with van der Waals surface area (Å²) < 4.78 is 16.7. The van der Waals surface area contributed by atoms with E-state index in [1.165, 1.54) is 0 Å². The third kappa shape index (κ3) is 4.19. The Hall–Kier alpha value is -2.47. The minimum absolute atomic E-state index is 0.0226. The van der Waals surface area contributed by atoms with Crippen molar-refractivity contribution in [1.82, 2.24) is 5.32 Å². The number of benzene rings is 2. The largest absolute Gasteiger partial charge is 0.497 e. The third-order valence-corrected chi connectivity index (χ3v) is 4.53. The van der Waals surface area contributed by atoms with E-state index >= 15 is 0 Å². The van der Waals surface area contributed by atoms with Gasteiger partial charge in [0.15, 0.2) is 5.11 Å². The minimum Gasteiger partial charge on any atom is -0.497 e. The highest BCUT2D eigenvalue weighted by molar-refractivity contribution is 7.80. The van der Waals surface area contributed by atoms with Crippen LogP contribution in [0.4, 0.5) is 5.69 Å². The van der Waals surface area contributed by atoms with Crippen molar-refractivity contribution in [2.75, 3.05) is 19.5 Å². The summed E-state index contributed by atoms with van der Waals surface area (Å²) in [6.45, 7) is 4.15. The van der Waals surface area contributed by atoms with Gasteiger partial charge in [0.25, 0.3) is 0 Å². The average Bonchev–Trinajstić information content (AvgIpc) is 2.60. The van der Waals surface area contributed by atoms with Gasteiger partial charge in [-0.25, -0.2) is 0 Å². The van der Waals surface area contributed by atoms with Gasteiger partial charge in [-0.05, 0) is 56.4 Å². The van der Waals surface area contributed by atoms with Gasteiger partial charge in [0, 0.05) is 23.7 Å². The molecule has 1 aliphatic heterocycles. The molecule has 1 aliphatic rings. The summed E-state index contributed by atoms with van der Waals surface area (Å²) in [7, 11) is 3.30. The highest BCUT2D eigenvalue weighted by atomic mass is 32.1. The lowest BCUT2D eigenvalue weighted by molar-refractivity contribution is 0.0695. The van der Waals surface area contributed by atoms with Gasteiger partial charge in [-0.2, -0.15) is 0 Å². The van der Waals surface area contributed by atoms with Gasteiger partial charge >= 0.3 is 0 Å². The molecule has 0 saturated carbocycles. The second-order valence-corrected chi connectivity index (χ2v) is 7.26. The Bertz CT molecular complexity index is 807. The SMILES string of the molecule is COc1cccc(NC(=S)N[C@@H]2CC(C)(C)Oc3ccc(OC)cc32)c1. The van der Waals surface area contributed by atoms with Crippen LogP contribution in [0.25, 0.3) is 0 Å². The van der Waals surface area contributed by atoms with E-state index in [4.69, 9.17) is 26.4 Å². The summed E-state index contributed by atoms with van der Waals surface area (Å²) in [6, 6.07) is 13.5. The van der Waals surface area contributed by atoms with E-state index in [0.717, 1.165) is 34.9 Å². The summed E-state index contributed by atoms with van der Waals surface area (Å²) in [6.07, 6.45) is 0.785. The fourth-order valence-corrected chi connectivity index (χ4v) is 3.37. The van der Waals surface area contributed by atoms with Crippen LogP contribution in [0.15, 0.2) is 42.5 Å². The molecule has 0 aromatic heterocycles. The predicted octanol–water partition coefficient (Wildman–Crippen LogP) is 4.29. The zero-order valence-electron chi connectivity index (χ0n) is 15.5. The molecule has 0 saturated heterocycles. The smallest absolute Gasteiger partial charge is 0.171 e. The van der Waals surface area contributed by atoms with Crippen molar-refractivity contribution in [3.8, 4) is 17.2 Å². The molecule has 2 N–H and O–H groups in total. The molecule has 0 aliphatic carbocycles. The maximum atomic E-state index is 6.10. The molecule has 5 nitrogen and oxygen atoms in total. The monoisotopic (exact) mass is 372 g/mol. The molecule has 6 heteroatoms.